The first-order valence-corrected chi connectivity index (χ1v) is 7.78. The Morgan fingerprint density at radius 1 is 1.23 bits per heavy atom. The second kappa shape index (κ2) is 8.32. The Morgan fingerprint density at radius 2 is 2.05 bits per heavy atom. The number of halogens is 1. The Bertz CT molecular complexity index is 555. The van der Waals surface area contributed by atoms with E-state index < -0.39 is 0 Å². The van der Waals surface area contributed by atoms with Crippen molar-refractivity contribution in [3.05, 3.63) is 54.1 Å². The smallest absolute Gasteiger partial charge is 0.123 e. The average Bonchev–Trinajstić information content (AvgIpc) is 2.95. The number of benzene rings is 1. The molecule has 1 N–H and O–H groups in total. The van der Waals surface area contributed by atoms with Gasteiger partial charge in [-0.2, -0.15) is 0 Å². The summed E-state index contributed by atoms with van der Waals surface area (Å²) in [4.78, 5) is 7.07. The van der Waals surface area contributed by atoms with Crippen molar-refractivity contribution >= 4 is 12.4 Å². The number of likely N-dealkylation sites (N-methyl/N-ethyl adjacent to an activating group) is 1. The van der Waals surface area contributed by atoms with Gasteiger partial charge in [0.05, 0.1) is 6.54 Å². The molecule has 1 unspecified atom stereocenters. The third kappa shape index (κ3) is 4.32. The normalized spacial score (nSPS) is 18.9. The summed E-state index contributed by atoms with van der Waals surface area (Å²) in [6.45, 7) is 4.14. The highest BCUT2D eigenvalue weighted by atomic mass is 35.5. The van der Waals surface area contributed by atoms with Crippen LogP contribution in [0, 0.1) is 0 Å². The van der Waals surface area contributed by atoms with Gasteiger partial charge in [0.1, 0.15) is 5.82 Å². The summed E-state index contributed by atoms with van der Waals surface area (Å²) in [5.74, 6) is 1.16. The van der Waals surface area contributed by atoms with Crippen LogP contribution >= 0.6 is 12.4 Å². The lowest BCUT2D eigenvalue weighted by molar-refractivity contribution is 0.182. The van der Waals surface area contributed by atoms with Crippen LogP contribution in [0.25, 0.3) is 0 Å². The molecule has 1 aliphatic heterocycles. The molecule has 2 heterocycles. The lowest BCUT2D eigenvalue weighted by Crippen LogP contribution is -2.44. The fourth-order valence-electron chi connectivity index (χ4n) is 3.05. The van der Waals surface area contributed by atoms with E-state index in [1.807, 2.05) is 6.20 Å². The van der Waals surface area contributed by atoms with Gasteiger partial charge in [-0.25, -0.2) is 4.98 Å². The topological polar surface area (TPSA) is 33.1 Å². The van der Waals surface area contributed by atoms with Crippen LogP contribution < -0.4 is 5.32 Å². The van der Waals surface area contributed by atoms with Crippen LogP contribution in [0.1, 0.15) is 24.2 Å². The third-order valence-corrected chi connectivity index (χ3v) is 4.28. The zero-order chi connectivity index (χ0) is 14.5. The van der Waals surface area contributed by atoms with Crippen molar-refractivity contribution in [2.45, 2.75) is 32.0 Å². The van der Waals surface area contributed by atoms with E-state index in [2.05, 4.69) is 63.3 Å². The highest BCUT2D eigenvalue weighted by molar-refractivity contribution is 5.85. The summed E-state index contributed by atoms with van der Waals surface area (Å²) in [5.41, 5.74) is 1.32. The molecule has 2 aromatic rings. The van der Waals surface area contributed by atoms with E-state index in [1.165, 1.54) is 24.9 Å². The van der Waals surface area contributed by atoms with Crippen molar-refractivity contribution in [1.82, 2.24) is 19.8 Å². The Kier molecular flexibility index (Phi) is 6.43. The van der Waals surface area contributed by atoms with E-state index in [4.69, 9.17) is 0 Å². The predicted octanol–water partition coefficient (Wildman–Crippen LogP) is 2.54. The average molecular weight is 321 g/mol. The van der Waals surface area contributed by atoms with E-state index in [-0.39, 0.29) is 12.4 Å². The van der Waals surface area contributed by atoms with Gasteiger partial charge in [0, 0.05) is 31.5 Å². The Hall–Kier alpha value is -1.36. The number of hydrogen-bond acceptors (Lipinski definition) is 3. The lowest BCUT2D eigenvalue weighted by Gasteiger charge is -2.32. The summed E-state index contributed by atoms with van der Waals surface area (Å²) < 4.78 is 2.26. The van der Waals surface area contributed by atoms with Gasteiger partial charge in [-0.1, -0.05) is 30.3 Å². The summed E-state index contributed by atoms with van der Waals surface area (Å²) in [6, 6.07) is 11.2. The molecule has 5 heteroatoms. The maximum Gasteiger partial charge on any atom is 0.123 e. The molecule has 120 valence electrons. The largest absolute Gasteiger partial charge is 0.329 e. The van der Waals surface area contributed by atoms with Crippen molar-refractivity contribution < 1.29 is 0 Å². The molecule has 1 aromatic heterocycles. The summed E-state index contributed by atoms with van der Waals surface area (Å²) in [7, 11) is 2.06. The number of hydrogen-bond donors (Lipinski definition) is 1. The van der Waals surface area contributed by atoms with Crippen LogP contribution in [0.4, 0.5) is 0 Å². The maximum atomic E-state index is 4.56. The van der Waals surface area contributed by atoms with Gasteiger partial charge in [0.15, 0.2) is 0 Å². The molecule has 0 radical (unpaired) electrons. The van der Waals surface area contributed by atoms with Crippen molar-refractivity contribution in [2.75, 3.05) is 20.1 Å². The number of piperidine rings is 1. The first-order chi connectivity index (χ1) is 10.3. The van der Waals surface area contributed by atoms with Gasteiger partial charge in [0.25, 0.3) is 0 Å². The molecule has 4 nitrogen and oxygen atoms in total. The van der Waals surface area contributed by atoms with E-state index in [9.17, 15) is 0 Å². The van der Waals surface area contributed by atoms with Gasteiger partial charge < -0.3 is 9.88 Å². The van der Waals surface area contributed by atoms with E-state index >= 15 is 0 Å². The van der Waals surface area contributed by atoms with Crippen LogP contribution in [0.5, 0.6) is 0 Å². The first-order valence-electron chi connectivity index (χ1n) is 7.78. The molecule has 3 rings (SSSR count). The monoisotopic (exact) mass is 320 g/mol. The van der Waals surface area contributed by atoms with Crippen LogP contribution in [0.3, 0.4) is 0 Å². The summed E-state index contributed by atoms with van der Waals surface area (Å²) in [6.07, 6.45) is 6.55. The number of rotatable bonds is 5. The van der Waals surface area contributed by atoms with Gasteiger partial charge in [-0.3, -0.25) is 4.90 Å². The Labute approximate surface area is 139 Å². The molecule has 1 aliphatic rings. The minimum atomic E-state index is 0. The van der Waals surface area contributed by atoms with Crippen molar-refractivity contribution in [3.63, 3.8) is 0 Å². The molecule has 0 spiro atoms. The second-order valence-electron chi connectivity index (χ2n) is 5.82. The standard InChI is InChI=1S/C17H24N4.ClH/c1-18-16-8-5-10-20(13-16)14-17-19-9-11-21(17)12-15-6-3-2-4-7-15;/h2-4,6-7,9,11,16,18H,5,8,10,12-14H2,1H3;1H. The fourth-order valence-corrected chi connectivity index (χ4v) is 3.05. The van der Waals surface area contributed by atoms with Crippen molar-refractivity contribution in [2.24, 2.45) is 0 Å². The van der Waals surface area contributed by atoms with Gasteiger partial charge >= 0.3 is 0 Å². The minimum Gasteiger partial charge on any atom is -0.329 e. The molecular weight excluding hydrogens is 296 g/mol. The zero-order valence-electron chi connectivity index (χ0n) is 13.1. The van der Waals surface area contributed by atoms with Gasteiger partial charge in [0.2, 0.25) is 0 Å². The maximum absolute atomic E-state index is 4.56. The number of likely N-dealkylation sites (tertiary alicyclic amines) is 1. The highest BCUT2D eigenvalue weighted by Gasteiger charge is 2.19. The number of imidazole rings is 1. The lowest BCUT2D eigenvalue weighted by atomic mass is 10.1. The van der Waals surface area contributed by atoms with E-state index in [1.54, 1.807) is 0 Å². The summed E-state index contributed by atoms with van der Waals surface area (Å²) >= 11 is 0. The molecule has 22 heavy (non-hydrogen) atoms. The molecule has 0 saturated carbocycles. The van der Waals surface area contributed by atoms with Crippen LogP contribution in [-0.4, -0.2) is 40.6 Å². The quantitative estimate of drug-likeness (QED) is 0.919. The molecule has 0 bridgehead atoms. The number of nitrogens with zero attached hydrogens (tertiary/aromatic N) is 3. The number of nitrogens with one attached hydrogen (secondary N) is 1. The zero-order valence-corrected chi connectivity index (χ0v) is 13.9. The molecular formula is C17H25ClN4. The second-order valence-corrected chi connectivity index (χ2v) is 5.82. The fraction of sp³-hybridized carbons (Fsp3) is 0.471. The summed E-state index contributed by atoms with van der Waals surface area (Å²) in [5, 5.41) is 3.40. The van der Waals surface area contributed by atoms with Crippen LogP contribution in [0.15, 0.2) is 42.7 Å². The minimum absolute atomic E-state index is 0. The third-order valence-electron chi connectivity index (χ3n) is 4.28. The SMILES string of the molecule is CNC1CCCN(Cc2nccn2Cc2ccccc2)C1.Cl. The van der Waals surface area contributed by atoms with E-state index in [0.29, 0.717) is 6.04 Å². The molecule has 1 aromatic carbocycles. The van der Waals surface area contributed by atoms with Gasteiger partial charge in [-0.05, 0) is 32.0 Å². The molecule has 1 fully saturated rings. The molecule has 0 amide bonds. The van der Waals surface area contributed by atoms with Crippen LogP contribution in [-0.2, 0) is 13.1 Å². The Morgan fingerprint density at radius 3 is 2.82 bits per heavy atom. The predicted molar refractivity (Wildman–Crippen MR) is 92.4 cm³/mol. The Balaban J connectivity index is 0.00000176. The highest BCUT2D eigenvalue weighted by Crippen LogP contribution is 2.14. The number of aromatic nitrogens is 2. The van der Waals surface area contributed by atoms with E-state index in [0.717, 1.165) is 25.5 Å². The van der Waals surface area contributed by atoms with Crippen molar-refractivity contribution in [3.8, 4) is 0 Å². The van der Waals surface area contributed by atoms with Gasteiger partial charge in [-0.15, -0.1) is 12.4 Å². The first kappa shape index (κ1) is 17.0. The molecule has 1 atom stereocenters. The van der Waals surface area contributed by atoms with Crippen LogP contribution in [0.2, 0.25) is 0 Å². The molecule has 0 aliphatic carbocycles. The molecule has 1 saturated heterocycles. The van der Waals surface area contributed by atoms with Crippen molar-refractivity contribution in [1.29, 1.82) is 0 Å².